The number of rotatable bonds is 3. The van der Waals surface area contributed by atoms with Crippen molar-refractivity contribution in [1.82, 2.24) is 0 Å². The second-order valence-corrected chi connectivity index (χ2v) is 6.30. The van der Waals surface area contributed by atoms with Crippen LogP contribution in [0.1, 0.15) is 0 Å². The molecule has 1 radical (unpaired) electrons. The maximum absolute atomic E-state index is 11.1. The molecule has 0 aliphatic carbocycles. The van der Waals surface area contributed by atoms with Gasteiger partial charge in [0.05, 0.1) is 5.75 Å². The highest BCUT2D eigenvalue weighted by molar-refractivity contribution is 7.90. The molecule has 3 nitrogen and oxygen atoms in total. The molecule has 1 heterocycles. The molecule has 4 heteroatoms. The summed E-state index contributed by atoms with van der Waals surface area (Å²) in [6, 6.07) is 10.9. The number of benzene rings is 1. The van der Waals surface area contributed by atoms with Gasteiger partial charge in [0.1, 0.15) is 9.84 Å². The first-order chi connectivity index (χ1) is 7.04. The summed E-state index contributed by atoms with van der Waals surface area (Å²) >= 11 is 0. The molecule has 0 N–H and O–H groups in total. The molecule has 1 aromatic carbocycles. The fraction of sp³-hybridized carbons (Fsp3) is 0.455. The summed E-state index contributed by atoms with van der Waals surface area (Å²) in [6.45, 7) is 1.65. The highest BCUT2D eigenvalue weighted by Crippen LogP contribution is 2.24. The van der Waals surface area contributed by atoms with E-state index in [1.165, 1.54) is 6.26 Å². The lowest BCUT2D eigenvalue weighted by atomic mass is 10.0. The van der Waals surface area contributed by atoms with Gasteiger partial charge >= 0.3 is 0 Å². The van der Waals surface area contributed by atoms with E-state index in [2.05, 4.69) is 11.0 Å². The van der Waals surface area contributed by atoms with Crippen LogP contribution >= 0.6 is 0 Å². The number of hydrogen-bond donors (Lipinski definition) is 0. The second kappa shape index (κ2) is 3.85. The summed E-state index contributed by atoms with van der Waals surface area (Å²) in [5.74, 6) is 0.588. The van der Waals surface area contributed by atoms with Crippen LogP contribution in [0.15, 0.2) is 24.3 Å². The summed E-state index contributed by atoms with van der Waals surface area (Å²) < 4.78 is 22.1. The van der Waals surface area contributed by atoms with Gasteiger partial charge < -0.3 is 4.90 Å². The third-order valence-corrected chi connectivity index (χ3v) is 3.61. The predicted octanol–water partition coefficient (Wildman–Crippen LogP) is 0.968. The monoisotopic (exact) mass is 224 g/mol. The van der Waals surface area contributed by atoms with Crippen LogP contribution in [-0.4, -0.2) is 33.5 Å². The summed E-state index contributed by atoms with van der Waals surface area (Å²) in [5, 5.41) is 0. The number of anilines is 1. The summed E-state index contributed by atoms with van der Waals surface area (Å²) in [7, 11) is -2.83. The maximum atomic E-state index is 11.1. The number of sulfone groups is 1. The Labute approximate surface area is 90.6 Å². The molecule has 1 aliphatic rings. The maximum Gasteiger partial charge on any atom is 0.147 e. The first-order valence-electron chi connectivity index (χ1n) is 4.94. The molecule has 15 heavy (non-hydrogen) atoms. The standard InChI is InChI=1S/C11H14NO2S/c1-15(13,14)9-10-7-12(8-10)11-5-3-2-4-6-11/h2-5,10H,7-9H2,1H3. The Bertz CT molecular complexity index is 421. The number of nitrogens with zero attached hydrogens (tertiary/aromatic N) is 1. The van der Waals surface area contributed by atoms with E-state index >= 15 is 0 Å². The van der Waals surface area contributed by atoms with E-state index in [1.807, 2.05) is 24.3 Å². The summed E-state index contributed by atoms with van der Waals surface area (Å²) in [5.41, 5.74) is 1.06. The Hall–Kier alpha value is -1.03. The van der Waals surface area contributed by atoms with E-state index in [4.69, 9.17) is 0 Å². The van der Waals surface area contributed by atoms with Crippen LogP contribution in [0.25, 0.3) is 0 Å². The first-order valence-corrected chi connectivity index (χ1v) is 7.00. The van der Waals surface area contributed by atoms with Gasteiger partial charge in [-0.2, -0.15) is 0 Å². The van der Waals surface area contributed by atoms with Crippen LogP contribution in [0, 0.1) is 12.0 Å². The van der Waals surface area contributed by atoms with Gasteiger partial charge in [-0.1, -0.05) is 18.2 Å². The molecule has 0 saturated carbocycles. The average molecular weight is 224 g/mol. The molecule has 0 bridgehead atoms. The van der Waals surface area contributed by atoms with Crippen molar-refractivity contribution in [3.63, 3.8) is 0 Å². The summed E-state index contributed by atoms with van der Waals surface area (Å²) in [4.78, 5) is 2.15. The largest absolute Gasteiger partial charge is 0.370 e. The van der Waals surface area contributed by atoms with Crippen LogP contribution < -0.4 is 4.90 Å². The lowest BCUT2D eigenvalue weighted by Crippen LogP contribution is -2.49. The average Bonchev–Trinajstić information content (AvgIpc) is 2.11. The van der Waals surface area contributed by atoms with Gasteiger partial charge in [0, 0.05) is 37.0 Å². The molecule has 1 saturated heterocycles. The van der Waals surface area contributed by atoms with E-state index in [0.717, 1.165) is 18.8 Å². The van der Waals surface area contributed by atoms with E-state index < -0.39 is 9.84 Å². The molecule has 0 amide bonds. The number of hydrogen-bond acceptors (Lipinski definition) is 3. The molecular formula is C11H14NO2S. The Morgan fingerprint density at radius 3 is 2.73 bits per heavy atom. The Morgan fingerprint density at radius 2 is 2.20 bits per heavy atom. The second-order valence-electron chi connectivity index (χ2n) is 4.11. The smallest absolute Gasteiger partial charge is 0.147 e. The minimum Gasteiger partial charge on any atom is -0.370 e. The van der Waals surface area contributed by atoms with Crippen molar-refractivity contribution < 1.29 is 8.42 Å². The highest BCUT2D eigenvalue weighted by Gasteiger charge is 2.29. The van der Waals surface area contributed by atoms with Crippen LogP contribution in [0.4, 0.5) is 5.69 Å². The third kappa shape index (κ3) is 2.72. The Morgan fingerprint density at radius 1 is 1.47 bits per heavy atom. The van der Waals surface area contributed by atoms with Crippen molar-refractivity contribution in [3.05, 3.63) is 30.3 Å². The zero-order valence-electron chi connectivity index (χ0n) is 8.68. The molecular weight excluding hydrogens is 210 g/mol. The van der Waals surface area contributed by atoms with Crippen molar-refractivity contribution in [2.45, 2.75) is 0 Å². The predicted molar refractivity (Wildman–Crippen MR) is 60.7 cm³/mol. The lowest BCUT2D eigenvalue weighted by Gasteiger charge is -2.40. The molecule has 1 fully saturated rings. The van der Waals surface area contributed by atoms with E-state index in [-0.39, 0.29) is 5.92 Å². The van der Waals surface area contributed by atoms with Gasteiger partial charge in [0.2, 0.25) is 0 Å². The van der Waals surface area contributed by atoms with Crippen LogP contribution in [0.2, 0.25) is 0 Å². The Kier molecular flexibility index (Phi) is 2.69. The highest BCUT2D eigenvalue weighted by atomic mass is 32.2. The van der Waals surface area contributed by atoms with E-state index in [9.17, 15) is 8.42 Å². The van der Waals surface area contributed by atoms with Crippen molar-refractivity contribution >= 4 is 15.5 Å². The third-order valence-electron chi connectivity index (χ3n) is 2.53. The molecule has 1 aromatic rings. The molecule has 81 valence electrons. The van der Waals surface area contributed by atoms with Gasteiger partial charge in [0.25, 0.3) is 0 Å². The fourth-order valence-electron chi connectivity index (χ4n) is 1.88. The van der Waals surface area contributed by atoms with Crippen LogP contribution in [-0.2, 0) is 9.84 Å². The lowest BCUT2D eigenvalue weighted by molar-refractivity contribution is 0.444. The number of para-hydroxylation sites is 1. The molecule has 0 unspecified atom stereocenters. The zero-order valence-corrected chi connectivity index (χ0v) is 9.50. The van der Waals surface area contributed by atoms with Crippen LogP contribution in [0.5, 0.6) is 0 Å². The van der Waals surface area contributed by atoms with Gasteiger partial charge in [-0.3, -0.25) is 0 Å². The molecule has 0 aromatic heterocycles. The molecule has 0 spiro atoms. The normalized spacial score (nSPS) is 17.5. The van der Waals surface area contributed by atoms with Crippen molar-refractivity contribution in [2.24, 2.45) is 5.92 Å². The van der Waals surface area contributed by atoms with E-state index in [1.54, 1.807) is 0 Å². The fourth-order valence-corrected chi connectivity index (χ4v) is 2.95. The minimum atomic E-state index is -2.83. The van der Waals surface area contributed by atoms with Gasteiger partial charge in [-0.25, -0.2) is 8.42 Å². The minimum absolute atomic E-state index is 0.286. The van der Waals surface area contributed by atoms with Crippen molar-refractivity contribution in [2.75, 3.05) is 30.0 Å². The van der Waals surface area contributed by atoms with E-state index in [0.29, 0.717) is 5.75 Å². The first kappa shape index (κ1) is 10.5. The topological polar surface area (TPSA) is 37.4 Å². The van der Waals surface area contributed by atoms with Crippen molar-refractivity contribution in [3.8, 4) is 0 Å². The van der Waals surface area contributed by atoms with Gasteiger partial charge in [-0.15, -0.1) is 0 Å². The van der Waals surface area contributed by atoms with Crippen molar-refractivity contribution in [1.29, 1.82) is 0 Å². The van der Waals surface area contributed by atoms with Gasteiger partial charge in [-0.05, 0) is 6.07 Å². The molecule has 0 atom stereocenters. The quantitative estimate of drug-likeness (QED) is 0.767. The molecule has 1 aliphatic heterocycles. The van der Waals surface area contributed by atoms with Gasteiger partial charge in [0.15, 0.2) is 0 Å². The summed E-state index contributed by atoms with van der Waals surface area (Å²) in [6.07, 6.45) is 1.30. The zero-order chi connectivity index (χ0) is 10.9. The Balaban J connectivity index is 1.89. The van der Waals surface area contributed by atoms with Crippen LogP contribution in [0.3, 0.4) is 0 Å². The SMILES string of the molecule is CS(=O)(=O)CC1CN(c2[c]cccc2)C1. The molecule has 2 rings (SSSR count).